The number of terminal acetylenes is 1. The van der Waals surface area contributed by atoms with E-state index in [0.29, 0.717) is 17.6 Å². The topological polar surface area (TPSA) is 74.8 Å². The Morgan fingerprint density at radius 1 is 1.34 bits per heavy atom. The molecule has 1 heterocycles. The lowest BCUT2D eigenvalue weighted by atomic mass is 9.78. The van der Waals surface area contributed by atoms with Gasteiger partial charge in [0.05, 0.1) is 6.10 Å². The average molecular weight is 399 g/mol. The Labute approximate surface area is 174 Å². The van der Waals surface area contributed by atoms with E-state index < -0.39 is 0 Å². The Balaban J connectivity index is 1.93. The highest BCUT2D eigenvalue weighted by Gasteiger charge is 2.35. The average Bonchev–Trinajstić information content (AvgIpc) is 2.69. The summed E-state index contributed by atoms with van der Waals surface area (Å²) in [6.07, 6.45) is 7.81. The quantitative estimate of drug-likeness (QED) is 0.391. The Bertz CT molecular complexity index is 746. The molecule has 29 heavy (non-hydrogen) atoms. The molecule has 6 nitrogen and oxygen atoms in total. The zero-order valence-corrected chi connectivity index (χ0v) is 18.0. The van der Waals surface area contributed by atoms with E-state index in [1.807, 2.05) is 25.1 Å². The Kier molecular flexibility index (Phi) is 8.53. The van der Waals surface area contributed by atoms with Crippen LogP contribution in [0.3, 0.4) is 0 Å². The van der Waals surface area contributed by atoms with Gasteiger partial charge in [-0.2, -0.15) is 0 Å². The minimum atomic E-state index is -0.190. The molecule has 0 aromatic heterocycles. The maximum atomic E-state index is 12.3. The number of carbonyl (C=O) groups excluding carboxylic acids is 1. The van der Waals surface area contributed by atoms with Crippen molar-refractivity contribution in [2.75, 3.05) is 31.6 Å². The fourth-order valence-corrected chi connectivity index (χ4v) is 3.62. The smallest absolute Gasteiger partial charge is 0.246 e. The monoisotopic (exact) mass is 398 g/mol. The second-order valence-electron chi connectivity index (χ2n) is 8.41. The number of nitrogens with one attached hydrogen (secondary N) is 3. The molecule has 1 amide bonds. The van der Waals surface area contributed by atoms with Gasteiger partial charge in [-0.15, -0.1) is 6.42 Å². The van der Waals surface area contributed by atoms with E-state index in [1.165, 1.54) is 0 Å². The van der Waals surface area contributed by atoms with Gasteiger partial charge in [-0.05, 0) is 43.4 Å². The van der Waals surface area contributed by atoms with Gasteiger partial charge in [-0.3, -0.25) is 4.79 Å². The summed E-state index contributed by atoms with van der Waals surface area (Å²) in [5, 5.41) is 9.42. The second kappa shape index (κ2) is 10.9. The van der Waals surface area contributed by atoms with Crippen molar-refractivity contribution in [3.63, 3.8) is 0 Å². The molecule has 1 saturated heterocycles. The summed E-state index contributed by atoms with van der Waals surface area (Å²) >= 11 is 0. The predicted molar refractivity (Wildman–Crippen MR) is 119 cm³/mol. The molecule has 158 valence electrons. The molecule has 2 unspecified atom stereocenters. The summed E-state index contributed by atoms with van der Waals surface area (Å²) in [5.74, 6) is 3.42. The van der Waals surface area contributed by atoms with Gasteiger partial charge < -0.3 is 20.7 Å². The maximum absolute atomic E-state index is 12.3. The second-order valence-corrected chi connectivity index (χ2v) is 8.41. The van der Waals surface area contributed by atoms with Gasteiger partial charge in [0.15, 0.2) is 5.96 Å². The van der Waals surface area contributed by atoms with E-state index in [1.54, 1.807) is 6.07 Å². The Morgan fingerprint density at radius 3 is 2.83 bits per heavy atom. The number of guanidine groups is 1. The molecule has 0 radical (unpaired) electrons. The third-order valence-electron chi connectivity index (χ3n) is 4.87. The van der Waals surface area contributed by atoms with E-state index >= 15 is 0 Å². The first-order valence-electron chi connectivity index (χ1n) is 10.3. The fourth-order valence-electron chi connectivity index (χ4n) is 3.62. The van der Waals surface area contributed by atoms with Gasteiger partial charge >= 0.3 is 0 Å². The van der Waals surface area contributed by atoms with Gasteiger partial charge in [0, 0.05) is 36.9 Å². The summed E-state index contributed by atoms with van der Waals surface area (Å²) in [6, 6.07) is 7.21. The number of nitrogens with zero attached hydrogens (tertiary/aromatic N) is 1. The van der Waals surface area contributed by atoms with E-state index in [2.05, 4.69) is 47.6 Å². The normalized spacial score (nSPS) is 19.9. The van der Waals surface area contributed by atoms with Crippen molar-refractivity contribution in [3.05, 3.63) is 29.8 Å². The molecule has 0 saturated carbocycles. The number of benzene rings is 1. The van der Waals surface area contributed by atoms with Crippen LogP contribution in [0.4, 0.5) is 5.69 Å². The van der Waals surface area contributed by atoms with Crippen LogP contribution < -0.4 is 16.0 Å². The molecule has 1 aliphatic rings. The molecule has 1 aromatic rings. The van der Waals surface area contributed by atoms with Crippen molar-refractivity contribution in [2.24, 2.45) is 16.3 Å². The highest BCUT2D eigenvalue weighted by atomic mass is 16.5. The van der Waals surface area contributed by atoms with E-state index in [4.69, 9.17) is 11.2 Å². The summed E-state index contributed by atoms with van der Waals surface area (Å²) in [6.45, 7) is 11.0. The third kappa shape index (κ3) is 7.43. The number of carbonyl (C=O) groups is 1. The van der Waals surface area contributed by atoms with Crippen molar-refractivity contribution >= 4 is 17.6 Å². The predicted octanol–water partition coefficient (Wildman–Crippen LogP) is 3.00. The first-order valence-corrected chi connectivity index (χ1v) is 10.3. The SMILES string of the molecule is C#Cc1cccc(NC(=O)CN=C(NCC)NCC2CCCOC2C(C)(C)C)c1. The number of aliphatic imine (C=N–C) groups is 1. The van der Waals surface area contributed by atoms with Crippen molar-refractivity contribution in [2.45, 2.75) is 46.6 Å². The number of hydrogen-bond donors (Lipinski definition) is 3. The molecule has 0 spiro atoms. The Morgan fingerprint density at radius 2 is 2.14 bits per heavy atom. The number of amides is 1. The maximum Gasteiger partial charge on any atom is 0.246 e. The van der Waals surface area contributed by atoms with E-state index in [0.717, 1.165) is 38.1 Å². The fraction of sp³-hybridized carbons (Fsp3) is 0.565. The molecule has 3 N–H and O–H groups in total. The molecule has 1 aliphatic heterocycles. The molecule has 1 fully saturated rings. The van der Waals surface area contributed by atoms with Crippen LogP contribution >= 0.6 is 0 Å². The van der Waals surface area contributed by atoms with Crippen LogP contribution in [0, 0.1) is 23.7 Å². The molecule has 2 rings (SSSR count). The van der Waals surface area contributed by atoms with Crippen LogP contribution in [-0.4, -0.2) is 44.2 Å². The molecular formula is C23H34N4O2. The number of ether oxygens (including phenoxy) is 1. The van der Waals surface area contributed by atoms with Crippen molar-refractivity contribution < 1.29 is 9.53 Å². The van der Waals surface area contributed by atoms with Crippen molar-refractivity contribution in [1.29, 1.82) is 0 Å². The highest BCUT2D eigenvalue weighted by molar-refractivity contribution is 5.94. The lowest BCUT2D eigenvalue weighted by Gasteiger charge is -2.40. The summed E-state index contributed by atoms with van der Waals surface area (Å²) in [5.41, 5.74) is 1.49. The van der Waals surface area contributed by atoms with Crippen LogP contribution in [0.25, 0.3) is 0 Å². The number of hydrogen-bond acceptors (Lipinski definition) is 3. The summed E-state index contributed by atoms with van der Waals surface area (Å²) in [7, 11) is 0. The molecule has 6 heteroatoms. The first-order chi connectivity index (χ1) is 13.8. The highest BCUT2D eigenvalue weighted by Crippen LogP contribution is 2.33. The van der Waals surface area contributed by atoms with Crippen LogP contribution in [0.1, 0.15) is 46.1 Å². The number of rotatable bonds is 6. The summed E-state index contributed by atoms with van der Waals surface area (Å²) in [4.78, 5) is 16.7. The molecular weight excluding hydrogens is 364 g/mol. The lowest BCUT2D eigenvalue weighted by Crippen LogP contribution is -2.47. The molecule has 0 bridgehead atoms. The van der Waals surface area contributed by atoms with Crippen LogP contribution in [0.2, 0.25) is 0 Å². The minimum Gasteiger partial charge on any atom is -0.377 e. The zero-order chi connectivity index (χ0) is 21.3. The van der Waals surface area contributed by atoms with Gasteiger partial charge in [0.2, 0.25) is 5.91 Å². The molecule has 0 aliphatic carbocycles. The van der Waals surface area contributed by atoms with Gasteiger partial charge in [-0.25, -0.2) is 4.99 Å². The van der Waals surface area contributed by atoms with Crippen LogP contribution in [0.5, 0.6) is 0 Å². The van der Waals surface area contributed by atoms with Gasteiger partial charge in [0.25, 0.3) is 0 Å². The zero-order valence-electron chi connectivity index (χ0n) is 18.0. The van der Waals surface area contributed by atoms with Crippen molar-refractivity contribution in [1.82, 2.24) is 10.6 Å². The number of anilines is 1. The standard InChI is InChI=1S/C23H34N4O2/c1-6-17-10-8-12-19(14-17)27-20(28)16-26-22(24-7-2)25-15-18-11-9-13-29-21(18)23(3,4)5/h1,8,10,12,14,18,21H,7,9,11,13,15-16H2,2-5H3,(H,27,28)(H2,24,25,26). The molecule has 1 aromatic carbocycles. The Hall–Kier alpha value is -2.52. The van der Waals surface area contributed by atoms with E-state index in [-0.39, 0.29) is 24.0 Å². The first kappa shape index (κ1) is 22.8. The minimum absolute atomic E-state index is 0.0273. The lowest BCUT2D eigenvalue weighted by molar-refractivity contribution is -0.114. The van der Waals surface area contributed by atoms with Crippen LogP contribution in [-0.2, 0) is 9.53 Å². The largest absolute Gasteiger partial charge is 0.377 e. The molecule has 2 atom stereocenters. The van der Waals surface area contributed by atoms with Crippen molar-refractivity contribution in [3.8, 4) is 12.3 Å². The summed E-state index contributed by atoms with van der Waals surface area (Å²) < 4.78 is 6.05. The van der Waals surface area contributed by atoms with E-state index in [9.17, 15) is 4.79 Å². The third-order valence-corrected chi connectivity index (χ3v) is 4.87. The van der Waals surface area contributed by atoms with Gasteiger partial charge in [0.1, 0.15) is 6.54 Å². The van der Waals surface area contributed by atoms with Gasteiger partial charge in [-0.1, -0.05) is 32.8 Å². The van der Waals surface area contributed by atoms with Crippen LogP contribution in [0.15, 0.2) is 29.3 Å².